The minimum Gasteiger partial charge on any atom is -0.493 e. The second kappa shape index (κ2) is 5.34. The topological polar surface area (TPSA) is 74.2 Å². The molecule has 102 valence electrons. The molecule has 3 aromatic rings. The molecule has 0 fully saturated rings. The molecule has 0 unspecified atom stereocenters. The van der Waals surface area contributed by atoms with E-state index in [2.05, 4.69) is 10.1 Å². The van der Waals surface area contributed by atoms with E-state index in [1.54, 1.807) is 0 Å². The molecule has 2 heterocycles. The molecule has 0 amide bonds. The Labute approximate surface area is 120 Å². The van der Waals surface area contributed by atoms with Crippen LogP contribution in [-0.4, -0.2) is 16.7 Å². The van der Waals surface area contributed by atoms with Crippen LogP contribution >= 0.6 is 11.3 Å². The van der Waals surface area contributed by atoms with E-state index in [1.165, 1.54) is 11.3 Å². The van der Waals surface area contributed by atoms with Gasteiger partial charge in [-0.15, -0.1) is 11.3 Å². The maximum absolute atomic E-state index is 5.71. The molecular formula is C14H13N3O2S. The fourth-order valence-corrected chi connectivity index (χ4v) is 2.53. The number of nitrogen functional groups attached to an aromatic ring is 1. The van der Waals surface area contributed by atoms with Crippen molar-refractivity contribution in [1.82, 2.24) is 10.1 Å². The highest BCUT2D eigenvalue weighted by molar-refractivity contribution is 7.19. The number of anilines is 1. The Balaban J connectivity index is 1.98. The summed E-state index contributed by atoms with van der Waals surface area (Å²) in [6.45, 7) is 2.52. The number of rotatable bonds is 4. The normalized spacial score (nSPS) is 10.7. The predicted octanol–water partition coefficient (Wildman–Crippen LogP) is 3.45. The summed E-state index contributed by atoms with van der Waals surface area (Å²) in [6.07, 6.45) is 0. The van der Waals surface area contributed by atoms with Gasteiger partial charge in [0.15, 0.2) is 0 Å². The van der Waals surface area contributed by atoms with Gasteiger partial charge in [0.25, 0.3) is 5.89 Å². The van der Waals surface area contributed by atoms with E-state index in [9.17, 15) is 0 Å². The van der Waals surface area contributed by atoms with E-state index in [4.69, 9.17) is 15.0 Å². The van der Waals surface area contributed by atoms with Gasteiger partial charge in [-0.1, -0.05) is 17.3 Å². The van der Waals surface area contributed by atoms with Crippen molar-refractivity contribution in [2.24, 2.45) is 0 Å². The SMILES string of the molecule is CCOc1ccccc1-c1noc(-c2ccc(N)s2)n1. The van der Waals surface area contributed by atoms with E-state index < -0.39 is 0 Å². The van der Waals surface area contributed by atoms with Crippen molar-refractivity contribution in [3.05, 3.63) is 36.4 Å². The monoisotopic (exact) mass is 287 g/mol. The average Bonchev–Trinajstić information content (AvgIpc) is 3.08. The number of hydrogen-bond donors (Lipinski definition) is 1. The molecular weight excluding hydrogens is 274 g/mol. The molecule has 0 saturated carbocycles. The minimum atomic E-state index is 0.466. The molecule has 2 N–H and O–H groups in total. The molecule has 0 atom stereocenters. The van der Waals surface area contributed by atoms with Crippen molar-refractivity contribution in [2.45, 2.75) is 6.92 Å². The Morgan fingerprint density at radius 2 is 2.10 bits per heavy atom. The Kier molecular flexibility index (Phi) is 3.39. The smallest absolute Gasteiger partial charge is 0.268 e. The van der Waals surface area contributed by atoms with Crippen molar-refractivity contribution >= 4 is 16.3 Å². The van der Waals surface area contributed by atoms with Gasteiger partial charge in [-0.2, -0.15) is 4.98 Å². The number of ether oxygens (including phenoxy) is 1. The molecule has 0 saturated heterocycles. The Morgan fingerprint density at radius 3 is 2.85 bits per heavy atom. The van der Waals surface area contributed by atoms with Crippen LogP contribution in [0.5, 0.6) is 5.75 Å². The first-order chi connectivity index (χ1) is 9.78. The number of nitrogens with zero attached hydrogens (tertiary/aromatic N) is 2. The lowest BCUT2D eigenvalue weighted by Crippen LogP contribution is -1.94. The van der Waals surface area contributed by atoms with E-state index >= 15 is 0 Å². The molecule has 0 spiro atoms. The maximum atomic E-state index is 5.71. The van der Waals surface area contributed by atoms with Crippen LogP contribution in [0, 0.1) is 0 Å². The molecule has 5 nitrogen and oxygen atoms in total. The van der Waals surface area contributed by atoms with Gasteiger partial charge >= 0.3 is 0 Å². The Bertz CT molecular complexity index is 721. The molecule has 1 aromatic carbocycles. The van der Waals surface area contributed by atoms with Gasteiger partial charge in [0, 0.05) is 0 Å². The van der Waals surface area contributed by atoms with Crippen LogP contribution in [0.25, 0.3) is 22.2 Å². The van der Waals surface area contributed by atoms with Crippen LogP contribution in [0.15, 0.2) is 40.9 Å². The third-order valence-corrected chi connectivity index (χ3v) is 3.59. The number of benzene rings is 1. The lowest BCUT2D eigenvalue weighted by Gasteiger charge is -2.05. The predicted molar refractivity (Wildman–Crippen MR) is 78.6 cm³/mol. The lowest BCUT2D eigenvalue weighted by atomic mass is 10.2. The number of nitrogens with two attached hydrogens (primary N) is 1. The van der Waals surface area contributed by atoms with Gasteiger partial charge in [-0.25, -0.2) is 0 Å². The first-order valence-electron chi connectivity index (χ1n) is 6.19. The third-order valence-electron chi connectivity index (χ3n) is 2.69. The zero-order valence-corrected chi connectivity index (χ0v) is 11.7. The molecule has 3 rings (SSSR count). The quantitative estimate of drug-likeness (QED) is 0.795. The van der Waals surface area contributed by atoms with Crippen LogP contribution in [-0.2, 0) is 0 Å². The molecule has 6 heteroatoms. The number of hydrogen-bond acceptors (Lipinski definition) is 6. The summed E-state index contributed by atoms with van der Waals surface area (Å²) in [5.74, 6) is 1.72. The Morgan fingerprint density at radius 1 is 1.25 bits per heavy atom. The Hall–Kier alpha value is -2.34. The number of para-hydroxylation sites is 1. The molecule has 0 aliphatic heterocycles. The maximum Gasteiger partial charge on any atom is 0.268 e. The minimum absolute atomic E-state index is 0.466. The van der Waals surface area contributed by atoms with Crippen LogP contribution < -0.4 is 10.5 Å². The average molecular weight is 287 g/mol. The summed E-state index contributed by atoms with van der Waals surface area (Å²) in [6, 6.07) is 11.3. The van der Waals surface area contributed by atoms with E-state index in [1.807, 2.05) is 43.3 Å². The fraction of sp³-hybridized carbons (Fsp3) is 0.143. The molecule has 20 heavy (non-hydrogen) atoms. The second-order valence-corrected chi connectivity index (χ2v) is 5.17. The van der Waals surface area contributed by atoms with Crippen LogP contribution in [0.3, 0.4) is 0 Å². The third kappa shape index (κ3) is 2.37. The zero-order valence-electron chi connectivity index (χ0n) is 10.9. The summed E-state index contributed by atoms with van der Waals surface area (Å²) in [5, 5.41) is 4.73. The second-order valence-electron chi connectivity index (χ2n) is 4.05. The van der Waals surface area contributed by atoms with Crippen molar-refractivity contribution in [3.8, 4) is 27.9 Å². The molecule has 0 aliphatic rings. The number of aromatic nitrogens is 2. The molecule has 2 aromatic heterocycles. The van der Waals surface area contributed by atoms with E-state index in [0.717, 1.165) is 21.2 Å². The number of thiophene rings is 1. The van der Waals surface area contributed by atoms with E-state index in [-0.39, 0.29) is 0 Å². The van der Waals surface area contributed by atoms with Gasteiger partial charge in [-0.3, -0.25) is 0 Å². The summed E-state index contributed by atoms with van der Waals surface area (Å²) >= 11 is 1.41. The first-order valence-corrected chi connectivity index (χ1v) is 7.01. The van der Waals surface area contributed by atoms with Gasteiger partial charge in [-0.05, 0) is 31.2 Å². The largest absolute Gasteiger partial charge is 0.493 e. The fourth-order valence-electron chi connectivity index (χ4n) is 1.83. The summed E-state index contributed by atoms with van der Waals surface area (Å²) in [7, 11) is 0. The van der Waals surface area contributed by atoms with Gasteiger partial charge in [0.05, 0.1) is 22.0 Å². The van der Waals surface area contributed by atoms with Crippen molar-refractivity contribution in [3.63, 3.8) is 0 Å². The highest BCUT2D eigenvalue weighted by Crippen LogP contribution is 2.32. The van der Waals surface area contributed by atoms with E-state index in [0.29, 0.717) is 18.3 Å². The zero-order chi connectivity index (χ0) is 13.9. The highest BCUT2D eigenvalue weighted by atomic mass is 32.1. The van der Waals surface area contributed by atoms with Gasteiger partial charge < -0.3 is 15.0 Å². The standard InChI is InChI=1S/C14H13N3O2S/c1-2-18-10-6-4-3-5-9(10)13-16-14(19-17-13)11-7-8-12(15)20-11/h3-8H,2,15H2,1H3. The van der Waals surface area contributed by atoms with Crippen molar-refractivity contribution in [2.75, 3.05) is 12.3 Å². The van der Waals surface area contributed by atoms with Crippen LogP contribution in [0.1, 0.15) is 6.92 Å². The van der Waals surface area contributed by atoms with Crippen LogP contribution in [0.4, 0.5) is 5.00 Å². The van der Waals surface area contributed by atoms with Gasteiger partial charge in [0.2, 0.25) is 5.82 Å². The van der Waals surface area contributed by atoms with Crippen LogP contribution in [0.2, 0.25) is 0 Å². The molecule has 0 bridgehead atoms. The first kappa shape index (κ1) is 12.7. The summed E-state index contributed by atoms with van der Waals surface area (Å²) in [5.41, 5.74) is 6.52. The highest BCUT2D eigenvalue weighted by Gasteiger charge is 2.15. The van der Waals surface area contributed by atoms with Crippen molar-refractivity contribution in [1.29, 1.82) is 0 Å². The summed E-state index contributed by atoms with van der Waals surface area (Å²) < 4.78 is 10.9. The molecule has 0 radical (unpaired) electrons. The summed E-state index contributed by atoms with van der Waals surface area (Å²) in [4.78, 5) is 5.26. The lowest BCUT2D eigenvalue weighted by molar-refractivity contribution is 0.341. The van der Waals surface area contributed by atoms with Gasteiger partial charge in [0.1, 0.15) is 5.75 Å². The van der Waals surface area contributed by atoms with Crippen molar-refractivity contribution < 1.29 is 9.26 Å². The molecule has 0 aliphatic carbocycles.